The van der Waals surface area contributed by atoms with Gasteiger partial charge in [0.2, 0.25) is 21.8 Å². The van der Waals surface area contributed by atoms with Crippen LogP contribution in [0.2, 0.25) is 0 Å². The van der Waals surface area contributed by atoms with Gasteiger partial charge in [0.05, 0.1) is 18.6 Å². The normalized spacial score (nSPS) is 14.8. The van der Waals surface area contributed by atoms with Crippen molar-refractivity contribution in [3.63, 3.8) is 0 Å². The smallest absolute Gasteiger partial charge is 0.244 e. The summed E-state index contributed by atoms with van der Waals surface area (Å²) in [5.41, 5.74) is 1.15. The van der Waals surface area contributed by atoms with Crippen LogP contribution in [0.3, 0.4) is 0 Å². The molecule has 3 rings (SSSR count). The van der Waals surface area contributed by atoms with Gasteiger partial charge in [0.25, 0.3) is 0 Å². The molecule has 1 saturated carbocycles. The Kier molecular flexibility index (Phi) is 9.75. The number of hydrogen-bond donors (Lipinski definition) is 1. The summed E-state index contributed by atoms with van der Waals surface area (Å²) in [6.07, 6.45) is 5.50. The Balaban J connectivity index is 1.93. The number of sulfonamides is 1. The number of ether oxygens (including phenoxy) is 1. The van der Waals surface area contributed by atoms with Crippen LogP contribution in [0.4, 0.5) is 5.69 Å². The summed E-state index contributed by atoms with van der Waals surface area (Å²) in [5, 5.41) is 3.11. The van der Waals surface area contributed by atoms with E-state index in [4.69, 9.17) is 4.74 Å². The van der Waals surface area contributed by atoms with Crippen LogP contribution in [0.5, 0.6) is 5.75 Å². The standard InChI is InChI=1S/C27H37N3O5S/c1-4-23(27(32)28-22-15-9-10-16-22)29(19-21-13-7-6-8-14-21)26(31)20-30(36(3,33)34)24-17-11-12-18-25(24)35-5-2/h6-8,11-14,17-18,22-23H,4-5,9-10,15-16,19-20H2,1-3H3,(H,28,32). The number of amides is 2. The van der Waals surface area contributed by atoms with E-state index in [0.717, 1.165) is 41.8 Å². The van der Waals surface area contributed by atoms with Gasteiger partial charge in [-0.2, -0.15) is 0 Å². The zero-order valence-electron chi connectivity index (χ0n) is 21.4. The number of carbonyl (C=O) groups excluding carboxylic acids is 2. The van der Waals surface area contributed by atoms with Gasteiger partial charge >= 0.3 is 0 Å². The topological polar surface area (TPSA) is 96.0 Å². The van der Waals surface area contributed by atoms with Gasteiger partial charge in [-0.05, 0) is 43.9 Å². The van der Waals surface area contributed by atoms with Crippen molar-refractivity contribution in [2.75, 3.05) is 23.7 Å². The molecule has 1 unspecified atom stereocenters. The van der Waals surface area contributed by atoms with Gasteiger partial charge in [0, 0.05) is 12.6 Å². The Labute approximate surface area is 214 Å². The molecule has 2 aromatic carbocycles. The van der Waals surface area contributed by atoms with Gasteiger partial charge < -0.3 is 15.0 Å². The lowest BCUT2D eigenvalue weighted by atomic mass is 10.1. The Morgan fingerprint density at radius 1 is 1.03 bits per heavy atom. The Hall–Kier alpha value is -3.07. The Bertz CT molecular complexity index is 1120. The van der Waals surface area contributed by atoms with Crippen LogP contribution in [-0.4, -0.2) is 56.6 Å². The molecule has 2 aromatic rings. The van der Waals surface area contributed by atoms with E-state index in [-0.39, 0.29) is 18.5 Å². The van der Waals surface area contributed by atoms with Crippen molar-refractivity contribution in [2.45, 2.75) is 64.6 Å². The molecule has 2 amide bonds. The molecular formula is C27H37N3O5S. The third-order valence-corrected chi connectivity index (χ3v) is 7.52. The second kappa shape index (κ2) is 12.8. The maximum atomic E-state index is 13.8. The van der Waals surface area contributed by atoms with Crippen LogP contribution in [0.15, 0.2) is 54.6 Å². The summed E-state index contributed by atoms with van der Waals surface area (Å²) in [6, 6.07) is 15.5. The van der Waals surface area contributed by atoms with E-state index < -0.39 is 28.5 Å². The Morgan fingerprint density at radius 3 is 2.28 bits per heavy atom. The number of nitrogens with zero attached hydrogens (tertiary/aromatic N) is 2. The highest BCUT2D eigenvalue weighted by Crippen LogP contribution is 2.30. The number of para-hydroxylation sites is 2. The fourth-order valence-corrected chi connectivity index (χ4v) is 5.46. The minimum absolute atomic E-state index is 0.116. The molecule has 1 N–H and O–H groups in total. The molecule has 0 heterocycles. The molecule has 8 nitrogen and oxygen atoms in total. The van der Waals surface area contributed by atoms with Crippen molar-refractivity contribution in [1.82, 2.24) is 10.2 Å². The molecule has 1 atom stereocenters. The summed E-state index contributed by atoms with van der Waals surface area (Å²) in [6.45, 7) is 3.78. The zero-order chi connectivity index (χ0) is 26.1. The Morgan fingerprint density at radius 2 is 1.67 bits per heavy atom. The van der Waals surface area contributed by atoms with Crippen molar-refractivity contribution in [1.29, 1.82) is 0 Å². The molecule has 9 heteroatoms. The van der Waals surface area contributed by atoms with Gasteiger partial charge in [-0.3, -0.25) is 13.9 Å². The van der Waals surface area contributed by atoms with Gasteiger partial charge in [0.15, 0.2) is 0 Å². The quantitative estimate of drug-likeness (QED) is 0.465. The van der Waals surface area contributed by atoms with Crippen molar-refractivity contribution in [3.05, 3.63) is 60.2 Å². The summed E-state index contributed by atoms with van der Waals surface area (Å²) >= 11 is 0. The first-order valence-corrected chi connectivity index (χ1v) is 14.4. The molecule has 0 bridgehead atoms. The van der Waals surface area contributed by atoms with Gasteiger partial charge in [-0.1, -0.05) is 62.2 Å². The third-order valence-electron chi connectivity index (χ3n) is 6.40. The molecule has 0 radical (unpaired) electrons. The SMILES string of the molecule is CCOc1ccccc1N(CC(=O)N(Cc1ccccc1)C(CC)C(=O)NC1CCCC1)S(C)(=O)=O. The van der Waals surface area contributed by atoms with Crippen molar-refractivity contribution < 1.29 is 22.7 Å². The first-order valence-electron chi connectivity index (χ1n) is 12.6. The highest BCUT2D eigenvalue weighted by Gasteiger charge is 2.33. The molecule has 0 spiro atoms. The van der Waals surface area contributed by atoms with Crippen LogP contribution in [0, 0.1) is 0 Å². The predicted octanol–water partition coefficient (Wildman–Crippen LogP) is 3.72. The number of rotatable bonds is 12. The average Bonchev–Trinajstić information content (AvgIpc) is 3.36. The molecule has 36 heavy (non-hydrogen) atoms. The van der Waals surface area contributed by atoms with E-state index in [0.29, 0.717) is 24.5 Å². The highest BCUT2D eigenvalue weighted by molar-refractivity contribution is 7.92. The summed E-state index contributed by atoms with van der Waals surface area (Å²) < 4.78 is 32.3. The fourth-order valence-electron chi connectivity index (χ4n) is 4.60. The van der Waals surface area contributed by atoms with Crippen molar-refractivity contribution in [2.24, 2.45) is 0 Å². The monoisotopic (exact) mass is 515 g/mol. The number of hydrogen-bond acceptors (Lipinski definition) is 5. The summed E-state index contributed by atoms with van der Waals surface area (Å²) in [4.78, 5) is 28.6. The number of anilines is 1. The van der Waals surface area contributed by atoms with Crippen molar-refractivity contribution >= 4 is 27.5 Å². The molecule has 0 aliphatic heterocycles. The molecule has 0 aromatic heterocycles. The van der Waals surface area contributed by atoms with Gasteiger partial charge in [-0.15, -0.1) is 0 Å². The number of carbonyl (C=O) groups is 2. The maximum absolute atomic E-state index is 13.8. The van der Waals surface area contributed by atoms with Crippen LogP contribution in [0.1, 0.15) is 51.5 Å². The molecule has 1 aliphatic rings. The van der Waals surface area contributed by atoms with E-state index in [2.05, 4.69) is 5.32 Å². The zero-order valence-corrected chi connectivity index (χ0v) is 22.2. The predicted molar refractivity (Wildman–Crippen MR) is 141 cm³/mol. The maximum Gasteiger partial charge on any atom is 0.244 e. The van der Waals surface area contributed by atoms with E-state index in [9.17, 15) is 18.0 Å². The second-order valence-corrected chi connectivity index (χ2v) is 11.0. The number of nitrogens with one attached hydrogen (secondary N) is 1. The molecule has 1 aliphatic carbocycles. The summed E-state index contributed by atoms with van der Waals surface area (Å²) in [5.74, 6) is -0.280. The van der Waals surface area contributed by atoms with Crippen LogP contribution < -0.4 is 14.4 Å². The van der Waals surface area contributed by atoms with Crippen LogP contribution in [-0.2, 0) is 26.2 Å². The van der Waals surface area contributed by atoms with Gasteiger partial charge in [-0.25, -0.2) is 8.42 Å². The minimum atomic E-state index is -3.83. The average molecular weight is 516 g/mol. The minimum Gasteiger partial charge on any atom is -0.492 e. The van der Waals surface area contributed by atoms with E-state index in [1.54, 1.807) is 24.3 Å². The largest absolute Gasteiger partial charge is 0.492 e. The lowest BCUT2D eigenvalue weighted by Gasteiger charge is -2.33. The lowest BCUT2D eigenvalue weighted by Crippen LogP contribution is -2.53. The third kappa shape index (κ3) is 7.22. The lowest BCUT2D eigenvalue weighted by molar-refractivity contribution is -0.140. The number of benzene rings is 2. The van der Waals surface area contributed by atoms with Crippen molar-refractivity contribution in [3.8, 4) is 5.75 Å². The summed E-state index contributed by atoms with van der Waals surface area (Å²) in [7, 11) is -3.83. The van der Waals surface area contributed by atoms with E-state index in [1.807, 2.05) is 44.2 Å². The van der Waals surface area contributed by atoms with E-state index in [1.165, 1.54) is 4.90 Å². The molecule has 0 saturated heterocycles. The van der Waals surface area contributed by atoms with Crippen LogP contribution >= 0.6 is 0 Å². The molecular weight excluding hydrogens is 478 g/mol. The molecule has 196 valence electrons. The van der Waals surface area contributed by atoms with Gasteiger partial charge in [0.1, 0.15) is 18.3 Å². The second-order valence-electron chi connectivity index (χ2n) is 9.09. The molecule has 1 fully saturated rings. The first-order chi connectivity index (χ1) is 17.2. The highest BCUT2D eigenvalue weighted by atomic mass is 32.2. The fraction of sp³-hybridized carbons (Fsp3) is 0.481. The van der Waals surface area contributed by atoms with E-state index >= 15 is 0 Å². The first kappa shape index (κ1) is 27.5. The van der Waals surface area contributed by atoms with Crippen LogP contribution in [0.25, 0.3) is 0 Å².